The smallest absolute Gasteiger partial charge is 0.317 e. The Kier molecular flexibility index (Phi) is 5.71. The molecule has 0 unspecified atom stereocenters. The summed E-state index contributed by atoms with van der Waals surface area (Å²) in [6, 6.07) is 7.18. The van der Waals surface area contributed by atoms with Crippen molar-refractivity contribution in [1.29, 1.82) is 0 Å². The highest BCUT2D eigenvalue weighted by molar-refractivity contribution is 5.80. The highest BCUT2D eigenvalue weighted by Crippen LogP contribution is 2.19. The summed E-state index contributed by atoms with van der Waals surface area (Å²) in [5.41, 5.74) is 1.41. The zero-order valence-corrected chi connectivity index (χ0v) is 15.2. The molecule has 2 aromatic rings. The molecule has 0 saturated carbocycles. The topological polar surface area (TPSA) is 73.1 Å². The van der Waals surface area contributed by atoms with Crippen LogP contribution >= 0.6 is 0 Å². The molecule has 0 saturated heterocycles. The quantitative estimate of drug-likeness (QED) is 0.638. The van der Waals surface area contributed by atoms with E-state index in [1.807, 2.05) is 13.0 Å². The molecule has 6 nitrogen and oxygen atoms in total. The van der Waals surface area contributed by atoms with Crippen LogP contribution in [0.4, 0.5) is 0 Å². The second-order valence-corrected chi connectivity index (χ2v) is 6.64. The van der Waals surface area contributed by atoms with E-state index in [2.05, 4.69) is 11.4 Å². The maximum absolute atomic E-state index is 12.5. The molecule has 138 valence electrons. The number of nitrogens with one attached hydrogen (secondary N) is 1. The molecule has 0 atom stereocenters. The molecule has 1 aromatic carbocycles. The molecule has 1 aliphatic rings. The van der Waals surface area contributed by atoms with Crippen LogP contribution in [-0.2, 0) is 17.9 Å². The predicted octanol–water partition coefficient (Wildman–Crippen LogP) is 2.19. The third-order valence-corrected chi connectivity index (χ3v) is 4.91. The average Bonchev–Trinajstić information content (AvgIpc) is 2.67. The van der Waals surface area contributed by atoms with Crippen LogP contribution in [0.1, 0.15) is 39.0 Å². The summed E-state index contributed by atoms with van der Waals surface area (Å²) in [4.78, 5) is 37.1. The highest BCUT2D eigenvalue weighted by atomic mass is 16.2. The summed E-state index contributed by atoms with van der Waals surface area (Å²) in [5.74, 6) is -0.248. The minimum atomic E-state index is -0.657. The lowest BCUT2D eigenvalue weighted by molar-refractivity contribution is -0.121. The minimum absolute atomic E-state index is 0.141. The second-order valence-electron chi connectivity index (χ2n) is 6.64. The molecule has 0 aliphatic heterocycles. The minimum Gasteiger partial charge on any atom is -0.354 e. The van der Waals surface area contributed by atoms with Crippen LogP contribution in [0.2, 0.25) is 0 Å². The van der Waals surface area contributed by atoms with Gasteiger partial charge in [0.05, 0.1) is 11.0 Å². The summed E-state index contributed by atoms with van der Waals surface area (Å²) < 4.78 is 2.72. The Morgan fingerprint density at radius 3 is 2.42 bits per heavy atom. The number of hydrogen-bond donors (Lipinski definition) is 1. The fraction of sp³-hybridized carbons (Fsp3) is 0.450. The van der Waals surface area contributed by atoms with E-state index in [4.69, 9.17) is 0 Å². The molecular formula is C20H25N3O3. The van der Waals surface area contributed by atoms with Crippen molar-refractivity contribution in [3.63, 3.8) is 0 Å². The van der Waals surface area contributed by atoms with Gasteiger partial charge in [0.25, 0.3) is 0 Å². The van der Waals surface area contributed by atoms with Crippen molar-refractivity contribution in [2.75, 3.05) is 6.54 Å². The SMILES string of the molecule is CCn1c(=O)c(=O)n(CC(=O)NCCC2=CCCCC2)c2ccccc21. The van der Waals surface area contributed by atoms with E-state index in [-0.39, 0.29) is 12.5 Å². The van der Waals surface area contributed by atoms with E-state index in [0.29, 0.717) is 24.1 Å². The Morgan fingerprint density at radius 1 is 1.08 bits per heavy atom. The largest absolute Gasteiger partial charge is 0.354 e. The van der Waals surface area contributed by atoms with Gasteiger partial charge in [0, 0.05) is 13.1 Å². The van der Waals surface area contributed by atoms with E-state index < -0.39 is 11.1 Å². The number of para-hydroxylation sites is 2. The number of allylic oxidation sites excluding steroid dienone is 1. The number of aryl methyl sites for hydroxylation is 1. The number of amides is 1. The van der Waals surface area contributed by atoms with Gasteiger partial charge in [-0.1, -0.05) is 23.8 Å². The molecule has 1 aromatic heterocycles. The molecule has 0 spiro atoms. The van der Waals surface area contributed by atoms with Crippen LogP contribution in [0.3, 0.4) is 0 Å². The number of benzene rings is 1. The number of rotatable bonds is 6. The van der Waals surface area contributed by atoms with Gasteiger partial charge in [-0.3, -0.25) is 19.0 Å². The molecule has 1 aliphatic carbocycles. The maximum Gasteiger partial charge on any atom is 0.317 e. The molecule has 1 N–H and O–H groups in total. The third kappa shape index (κ3) is 3.79. The summed E-state index contributed by atoms with van der Waals surface area (Å²) in [6.07, 6.45) is 7.80. The fourth-order valence-corrected chi connectivity index (χ4v) is 3.53. The lowest BCUT2D eigenvalue weighted by Gasteiger charge is -2.15. The van der Waals surface area contributed by atoms with Gasteiger partial charge in [-0.05, 0) is 51.2 Å². The summed E-state index contributed by atoms with van der Waals surface area (Å²) in [6.45, 7) is 2.66. The van der Waals surface area contributed by atoms with Gasteiger partial charge < -0.3 is 9.88 Å². The van der Waals surface area contributed by atoms with Crippen molar-refractivity contribution in [3.05, 3.63) is 56.6 Å². The molecule has 1 heterocycles. The van der Waals surface area contributed by atoms with Gasteiger partial charge in [-0.25, -0.2) is 0 Å². The van der Waals surface area contributed by atoms with Crippen LogP contribution in [0.15, 0.2) is 45.5 Å². The van der Waals surface area contributed by atoms with Crippen LogP contribution in [0, 0.1) is 0 Å². The van der Waals surface area contributed by atoms with Gasteiger partial charge >= 0.3 is 11.1 Å². The number of hydrogen-bond acceptors (Lipinski definition) is 3. The Labute approximate surface area is 152 Å². The fourth-order valence-electron chi connectivity index (χ4n) is 3.53. The van der Waals surface area contributed by atoms with Crippen LogP contribution in [-0.4, -0.2) is 21.6 Å². The molecular weight excluding hydrogens is 330 g/mol. The summed E-state index contributed by atoms with van der Waals surface area (Å²) >= 11 is 0. The highest BCUT2D eigenvalue weighted by Gasteiger charge is 2.14. The van der Waals surface area contributed by atoms with Gasteiger partial charge in [-0.15, -0.1) is 0 Å². The lowest BCUT2D eigenvalue weighted by Crippen LogP contribution is -2.43. The van der Waals surface area contributed by atoms with E-state index in [1.54, 1.807) is 18.2 Å². The molecule has 26 heavy (non-hydrogen) atoms. The van der Waals surface area contributed by atoms with Crippen LogP contribution in [0.25, 0.3) is 11.0 Å². The first-order chi connectivity index (χ1) is 12.6. The number of aromatic nitrogens is 2. The van der Waals surface area contributed by atoms with Gasteiger partial charge in [0.15, 0.2) is 0 Å². The van der Waals surface area contributed by atoms with Crippen LogP contribution in [0.5, 0.6) is 0 Å². The molecule has 0 radical (unpaired) electrons. The van der Waals surface area contributed by atoms with Gasteiger partial charge in [0.2, 0.25) is 5.91 Å². The second kappa shape index (κ2) is 8.17. The molecule has 0 fully saturated rings. The van der Waals surface area contributed by atoms with Gasteiger partial charge in [0.1, 0.15) is 6.54 Å². The molecule has 0 bridgehead atoms. The van der Waals surface area contributed by atoms with Crippen molar-refractivity contribution in [1.82, 2.24) is 14.5 Å². The molecule has 6 heteroatoms. The van der Waals surface area contributed by atoms with E-state index in [9.17, 15) is 14.4 Å². The molecule has 1 amide bonds. The average molecular weight is 355 g/mol. The zero-order chi connectivity index (χ0) is 18.5. The van der Waals surface area contributed by atoms with Crippen molar-refractivity contribution >= 4 is 16.9 Å². The Morgan fingerprint density at radius 2 is 1.77 bits per heavy atom. The van der Waals surface area contributed by atoms with Crippen LogP contribution < -0.4 is 16.4 Å². The van der Waals surface area contributed by atoms with Crippen molar-refractivity contribution in [2.45, 2.75) is 52.1 Å². The monoisotopic (exact) mass is 355 g/mol. The van der Waals surface area contributed by atoms with E-state index >= 15 is 0 Å². The first kappa shape index (κ1) is 18.2. The maximum atomic E-state index is 12.5. The Hall–Kier alpha value is -2.63. The van der Waals surface area contributed by atoms with E-state index in [1.165, 1.54) is 27.5 Å². The normalized spacial score (nSPS) is 14.3. The number of nitrogens with zero attached hydrogens (tertiary/aromatic N) is 2. The third-order valence-electron chi connectivity index (χ3n) is 4.91. The molecule has 3 rings (SSSR count). The lowest BCUT2D eigenvalue weighted by atomic mass is 9.97. The predicted molar refractivity (Wildman–Crippen MR) is 102 cm³/mol. The number of fused-ring (bicyclic) bond motifs is 1. The first-order valence-electron chi connectivity index (χ1n) is 9.28. The van der Waals surface area contributed by atoms with Gasteiger partial charge in [-0.2, -0.15) is 0 Å². The van der Waals surface area contributed by atoms with Crippen molar-refractivity contribution < 1.29 is 4.79 Å². The Balaban J connectivity index is 1.77. The first-order valence-corrected chi connectivity index (χ1v) is 9.28. The van der Waals surface area contributed by atoms with E-state index in [0.717, 1.165) is 19.3 Å². The summed E-state index contributed by atoms with van der Waals surface area (Å²) in [5, 5.41) is 2.87. The zero-order valence-electron chi connectivity index (χ0n) is 15.2. The number of carbonyl (C=O) groups is 1. The van der Waals surface area contributed by atoms with Crippen molar-refractivity contribution in [2.24, 2.45) is 0 Å². The Bertz CT molecular complexity index is 953. The summed E-state index contributed by atoms with van der Waals surface area (Å²) in [7, 11) is 0. The van der Waals surface area contributed by atoms with Crippen molar-refractivity contribution in [3.8, 4) is 0 Å². The number of carbonyl (C=O) groups excluding carboxylic acids is 1. The standard InChI is InChI=1S/C20H25N3O3/c1-2-22-16-10-6-7-11-17(16)23(20(26)19(22)25)14-18(24)21-13-12-15-8-4-3-5-9-15/h6-8,10-11H,2-5,9,12-14H2,1H3,(H,21,24).